The SMILES string of the molecule is CN(C)C(=O)COc1cccc(C(=O)OCCc2cn[nH]c2C(F)(F)F)c1. The zero-order chi connectivity index (χ0) is 20.0. The number of nitrogens with zero attached hydrogens (tertiary/aromatic N) is 2. The minimum Gasteiger partial charge on any atom is -0.484 e. The fourth-order valence-corrected chi connectivity index (χ4v) is 2.07. The van der Waals surface area contributed by atoms with Crippen molar-refractivity contribution >= 4 is 11.9 Å². The first kappa shape index (κ1) is 20.3. The van der Waals surface area contributed by atoms with Crippen molar-refractivity contribution in [3.63, 3.8) is 0 Å². The number of carbonyl (C=O) groups is 2. The van der Waals surface area contributed by atoms with Crippen LogP contribution in [-0.4, -0.2) is 54.3 Å². The van der Waals surface area contributed by atoms with Gasteiger partial charge in [-0.2, -0.15) is 18.3 Å². The van der Waals surface area contributed by atoms with Crippen LogP contribution in [0.2, 0.25) is 0 Å². The molecule has 1 aromatic carbocycles. The average molecular weight is 385 g/mol. The number of nitrogens with one attached hydrogen (secondary N) is 1. The standard InChI is InChI=1S/C17H18F3N3O4/c1-23(2)14(24)10-27-13-5-3-4-11(8-13)16(25)26-7-6-12-9-21-22-15(12)17(18,19)20/h3-5,8-9H,6-7,10H2,1-2H3,(H,21,22). The number of hydrogen-bond donors (Lipinski definition) is 1. The number of alkyl halides is 3. The van der Waals surface area contributed by atoms with E-state index in [0.29, 0.717) is 5.75 Å². The zero-order valence-electron chi connectivity index (χ0n) is 14.7. The summed E-state index contributed by atoms with van der Waals surface area (Å²) in [6.45, 7) is -0.433. The summed E-state index contributed by atoms with van der Waals surface area (Å²) in [6, 6.07) is 5.98. The Labute approximate surface area is 153 Å². The number of carbonyl (C=O) groups excluding carboxylic acids is 2. The van der Waals surface area contributed by atoms with Crippen molar-refractivity contribution in [1.82, 2.24) is 15.1 Å². The molecule has 2 rings (SSSR count). The molecule has 10 heteroatoms. The van der Waals surface area contributed by atoms with Crippen LogP contribution in [0.3, 0.4) is 0 Å². The van der Waals surface area contributed by atoms with Crippen LogP contribution < -0.4 is 4.74 Å². The molecular weight excluding hydrogens is 367 g/mol. The van der Waals surface area contributed by atoms with Crippen molar-refractivity contribution in [3.05, 3.63) is 47.3 Å². The molecule has 146 valence electrons. The predicted molar refractivity (Wildman–Crippen MR) is 88.2 cm³/mol. The molecule has 1 amide bonds. The Hall–Kier alpha value is -3.04. The molecule has 0 aliphatic heterocycles. The molecule has 1 N–H and O–H groups in total. The van der Waals surface area contributed by atoms with Gasteiger partial charge in [-0.25, -0.2) is 4.79 Å². The van der Waals surface area contributed by atoms with Crippen LogP contribution in [0, 0.1) is 0 Å². The largest absolute Gasteiger partial charge is 0.484 e. The number of amides is 1. The number of esters is 1. The molecule has 0 bridgehead atoms. The molecule has 0 aliphatic rings. The highest BCUT2D eigenvalue weighted by atomic mass is 19.4. The number of likely N-dealkylation sites (N-methyl/N-ethyl adjacent to an activating group) is 1. The number of H-pyrrole nitrogens is 1. The lowest BCUT2D eigenvalue weighted by Crippen LogP contribution is -2.27. The second-order valence-electron chi connectivity index (χ2n) is 5.76. The monoisotopic (exact) mass is 385 g/mol. The van der Waals surface area contributed by atoms with E-state index in [1.807, 2.05) is 5.10 Å². The fourth-order valence-electron chi connectivity index (χ4n) is 2.07. The molecule has 0 aliphatic carbocycles. The minimum absolute atomic E-state index is 0.0884. The van der Waals surface area contributed by atoms with Crippen molar-refractivity contribution < 1.29 is 32.2 Å². The maximum absolute atomic E-state index is 12.7. The van der Waals surface area contributed by atoms with E-state index in [1.165, 1.54) is 17.0 Å². The normalized spacial score (nSPS) is 11.1. The first-order valence-electron chi connectivity index (χ1n) is 7.88. The molecule has 0 spiro atoms. The summed E-state index contributed by atoms with van der Waals surface area (Å²) in [5, 5.41) is 5.26. The van der Waals surface area contributed by atoms with Crippen LogP contribution in [0.1, 0.15) is 21.6 Å². The maximum atomic E-state index is 12.7. The number of benzene rings is 1. The van der Waals surface area contributed by atoms with Crippen molar-refractivity contribution in [3.8, 4) is 5.75 Å². The first-order chi connectivity index (χ1) is 12.7. The van der Waals surface area contributed by atoms with Gasteiger partial charge in [-0.1, -0.05) is 6.07 Å². The van der Waals surface area contributed by atoms with Crippen LogP contribution in [0.15, 0.2) is 30.5 Å². The first-order valence-corrected chi connectivity index (χ1v) is 7.88. The lowest BCUT2D eigenvalue weighted by molar-refractivity contribution is -0.141. The quantitative estimate of drug-likeness (QED) is 0.740. The van der Waals surface area contributed by atoms with Crippen molar-refractivity contribution in [2.24, 2.45) is 0 Å². The number of rotatable bonds is 7. The summed E-state index contributed by atoms with van der Waals surface area (Å²) in [5.74, 6) is -0.658. The van der Waals surface area contributed by atoms with Gasteiger partial charge in [0.2, 0.25) is 0 Å². The van der Waals surface area contributed by atoms with E-state index in [2.05, 4.69) is 5.10 Å². The summed E-state index contributed by atoms with van der Waals surface area (Å²) >= 11 is 0. The van der Waals surface area contributed by atoms with Crippen LogP contribution in [0.4, 0.5) is 13.2 Å². The number of halogens is 3. The lowest BCUT2D eigenvalue weighted by Gasteiger charge is -2.12. The van der Waals surface area contributed by atoms with Gasteiger partial charge in [-0.3, -0.25) is 9.89 Å². The Morgan fingerprint density at radius 1 is 1.26 bits per heavy atom. The van der Waals surface area contributed by atoms with Crippen LogP contribution in [-0.2, 0) is 22.1 Å². The molecule has 7 nitrogen and oxygen atoms in total. The van der Waals surface area contributed by atoms with E-state index >= 15 is 0 Å². The van der Waals surface area contributed by atoms with E-state index in [9.17, 15) is 22.8 Å². The molecule has 27 heavy (non-hydrogen) atoms. The lowest BCUT2D eigenvalue weighted by atomic mass is 10.2. The second-order valence-corrected chi connectivity index (χ2v) is 5.76. The Bertz CT molecular complexity index is 803. The van der Waals surface area contributed by atoms with Crippen molar-refractivity contribution in [2.75, 3.05) is 27.3 Å². The fraction of sp³-hybridized carbons (Fsp3) is 0.353. The van der Waals surface area contributed by atoms with E-state index in [1.54, 1.807) is 26.2 Å². The van der Waals surface area contributed by atoms with E-state index < -0.39 is 17.8 Å². The molecule has 0 atom stereocenters. The second kappa shape index (κ2) is 8.56. The number of ether oxygens (including phenoxy) is 2. The molecule has 0 radical (unpaired) electrons. The molecule has 1 aromatic heterocycles. The third kappa shape index (κ3) is 5.73. The van der Waals surface area contributed by atoms with Gasteiger partial charge < -0.3 is 14.4 Å². The number of hydrogen-bond acceptors (Lipinski definition) is 5. The number of aromatic amines is 1. The molecule has 0 saturated heterocycles. The highest BCUT2D eigenvalue weighted by molar-refractivity contribution is 5.89. The van der Waals surface area contributed by atoms with Gasteiger partial charge in [0.25, 0.3) is 5.91 Å². The Balaban J connectivity index is 1.90. The van der Waals surface area contributed by atoms with E-state index in [-0.39, 0.29) is 36.7 Å². The minimum atomic E-state index is -4.55. The predicted octanol–water partition coefficient (Wildman–Crippen LogP) is 2.29. The van der Waals surface area contributed by atoms with Gasteiger partial charge in [0.1, 0.15) is 11.4 Å². The van der Waals surface area contributed by atoms with Gasteiger partial charge in [0.15, 0.2) is 6.61 Å². The Kier molecular flexibility index (Phi) is 6.43. The van der Waals surface area contributed by atoms with Crippen LogP contribution in [0.5, 0.6) is 5.75 Å². The molecule has 2 aromatic rings. The zero-order valence-corrected chi connectivity index (χ0v) is 14.7. The van der Waals surface area contributed by atoms with Crippen molar-refractivity contribution in [1.29, 1.82) is 0 Å². The molecule has 0 unspecified atom stereocenters. The third-order valence-electron chi connectivity index (χ3n) is 3.54. The molecule has 0 fully saturated rings. The number of aromatic nitrogens is 2. The smallest absolute Gasteiger partial charge is 0.433 e. The van der Waals surface area contributed by atoms with E-state index in [0.717, 1.165) is 6.20 Å². The summed E-state index contributed by atoms with van der Waals surface area (Å²) < 4.78 is 48.5. The highest BCUT2D eigenvalue weighted by Crippen LogP contribution is 2.30. The molecular formula is C17H18F3N3O4. The van der Waals surface area contributed by atoms with Gasteiger partial charge in [0.05, 0.1) is 18.4 Å². The van der Waals surface area contributed by atoms with Gasteiger partial charge in [-0.15, -0.1) is 0 Å². The topological polar surface area (TPSA) is 84.5 Å². The van der Waals surface area contributed by atoms with Gasteiger partial charge in [-0.05, 0) is 18.2 Å². The summed E-state index contributed by atoms with van der Waals surface area (Å²) in [6.07, 6.45) is -3.64. The highest BCUT2D eigenvalue weighted by Gasteiger charge is 2.35. The average Bonchev–Trinajstić information content (AvgIpc) is 3.08. The summed E-state index contributed by atoms with van der Waals surface area (Å²) in [7, 11) is 3.17. The summed E-state index contributed by atoms with van der Waals surface area (Å²) in [4.78, 5) is 24.9. The molecule has 1 heterocycles. The van der Waals surface area contributed by atoms with Gasteiger partial charge >= 0.3 is 12.1 Å². The Morgan fingerprint density at radius 2 is 2.00 bits per heavy atom. The third-order valence-corrected chi connectivity index (χ3v) is 3.54. The van der Waals surface area contributed by atoms with Gasteiger partial charge in [0, 0.05) is 26.1 Å². The molecule has 0 saturated carbocycles. The van der Waals surface area contributed by atoms with E-state index in [4.69, 9.17) is 9.47 Å². The Morgan fingerprint density at radius 3 is 2.67 bits per heavy atom. The van der Waals surface area contributed by atoms with Crippen LogP contribution in [0.25, 0.3) is 0 Å². The van der Waals surface area contributed by atoms with Crippen molar-refractivity contribution in [2.45, 2.75) is 12.6 Å². The maximum Gasteiger partial charge on any atom is 0.433 e. The summed E-state index contributed by atoms with van der Waals surface area (Å²) in [5.41, 5.74) is -0.887. The van der Waals surface area contributed by atoms with Crippen LogP contribution >= 0.6 is 0 Å².